The summed E-state index contributed by atoms with van der Waals surface area (Å²) in [7, 11) is 2.84. The van der Waals surface area contributed by atoms with E-state index in [1.165, 1.54) is 14.2 Å². The second-order valence-corrected chi connectivity index (χ2v) is 6.11. The number of para-hydroxylation sites is 1. The van der Waals surface area contributed by atoms with Crippen molar-refractivity contribution in [2.75, 3.05) is 14.2 Å². The maximum absolute atomic E-state index is 11.7. The summed E-state index contributed by atoms with van der Waals surface area (Å²) in [6.45, 7) is 2.09. The monoisotopic (exact) mass is 386 g/mol. The molecule has 0 saturated carbocycles. The normalized spacial score (nSPS) is 10.5. The summed E-state index contributed by atoms with van der Waals surface area (Å²) in [5.41, 5.74) is 2.80. The number of hydrogen-bond donors (Lipinski definition) is 0. The van der Waals surface area contributed by atoms with E-state index in [1.807, 2.05) is 37.3 Å². The highest BCUT2D eigenvalue weighted by molar-refractivity contribution is 6.30. The molecule has 1 heterocycles. The molecular formula is C20H19ClN2O4. The predicted molar refractivity (Wildman–Crippen MR) is 102 cm³/mol. The number of rotatable bonds is 6. The van der Waals surface area contributed by atoms with E-state index < -0.39 is 5.97 Å². The van der Waals surface area contributed by atoms with Crippen LogP contribution >= 0.6 is 11.6 Å². The Balaban J connectivity index is 1.83. The van der Waals surface area contributed by atoms with Gasteiger partial charge in [-0.3, -0.25) is 0 Å². The van der Waals surface area contributed by atoms with Crippen LogP contribution in [0.3, 0.4) is 0 Å². The summed E-state index contributed by atoms with van der Waals surface area (Å²) < 4.78 is 17.6. The van der Waals surface area contributed by atoms with Gasteiger partial charge < -0.3 is 14.2 Å². The summed E-state index contributed by atoms with van der Waals surface area (Å²) in [5, 5.41) is 4.99. The highest BCUT2D eigenvalue weighted by Crippen LogP contribution is 2.31. The SMILES string of the molecule is COC(=O)c1ccc(OCc2c(C)nn(-c3ccccc3)c2Cl)c(OC)c1. The molecule has 3 aromatic rings. The first kappa shape index (κ1) is 18.8. The Morgan fingerprint density at radius 1 is 1.11 bits per heavy atom. The zero-order chi connectivity index (χ0) is 19.4. The minimum atomic E-state index is -0.442. The Morgan fingerprint density at radius 2 is 1.85 bits per heavy atom. The molecule has 0 aliphatic heterocycles. The molecule has 7 heteroatoms. The second-order valence-electron chi connectivity index (χ2n) is 5.75. The molecule has 0 unspecified atom stereocenters. The van der Waals surface area contributed by atoms with E-state index in [0.29, 0.717) is 22.2 Å². The topological polar surface area (TPSA) is 62.6 Å². The number of hydrogen-bond acceptors (Lipinski definition) is 5. The van der Waals surface area contributed by atoms with E-state index >= 15 is 0 Å². The Hall–Kier alpha value is -2.99. The molecule has 0 saturated heterocycles. The molecule has 0 N–H and O–H groups in total. The summed E-state index contributed by atoms with van der Waals surface area (Å²) >= 11 is 6.52. The zero-order valence-electron chi connectivity index (χ0n) is 15.2. The van der Waals surface area contributed by atoms with E-state index in [-0.39, 0.29) is 6.61 Å². The average molecular weight is 387 g/mol. The van der Waals surface area contributed by atoms with Crippen molar-refractivity contribution in [3.05, 3.63) is 70.5 Å². The van der Waals surface area contributed by atoms with Gasteiger partial charge >= 0.3 is 5.97 Å². The molecule has 140 valence electrons. The van der Waals surface area contributed by atoms with Gasteiger partial charge in [0, 0.05) is 5.56 Å². The van der Waals surface area contributed by atoms with Crippen molar-refractivity contribution in [1.82, 2.24) is 9.78 Å². The Morgan fingerprint density at radius 3 is 2.52 bits per heavy atom. The van der Waals surface area contributed by atoms with Gasteiger partial charge in [0.1, 0.15) is 11.8 Å². The maximum atomic E-state index is 11.7. The predicted octanol–water partition coefficient (Wildman–Crippen LogP) is 4.21. The number of ether oxygens (including phenoxy) is 3. The summed E-state index contributed by atoms with van der Waals surface area (Å²) in [5.74, 6) is 0.484. The number of carbonyl (C=O) groups is 1. The lowest BCUT2D eigenvalue weighted by Crippen LogP contribution is -2.03. The van der Waals surface area contributed by atoms with Crippen LogP contribution in [0.15, 0.2) is 48.5 Å². The lowest BCUT2D eigenvalue weighted by atomic mass is 10.2. The van der Waals surface area contributed by atoms with Crippen LogP contribution in [-0.4, -0.2) is 30.0 Å². The fourth-order valence-corrected chi connectivity index (χ4v) is 2.94. The minimum absolute atomic E-state index is 0.214. The summed E-state index contributed by atoms with van der Waals surface area (Å²) in [4.78, 5) is 11.7. The fourth-order valence-electron chi connectivity index (χ4n) is 2.62. The number of esters is 1. The molecule has 3 rings (SSSR count). The summed E-state index contributed by atoms with van der Waals surface area (Å²) in [6, 6.07) is 14.5. The van der Waals surface area contributed by atoms with Crippen molar-refractivity contribution >= 4 is 17.6 Å². The van der Waals surface area contributed by atoms with Crippen molar-refractivity contribution in [2.24, 2.45) is 0 Å². The molecule has 0 amide bonds. The van der Waals surface area contributed by atoms with Crippen LogP contribution in [0.4, 0.5) is 0 Å². The van der Waals surface area contributed by atoms with Crippen LogP contribution < -0.4 is 9.47 Å². The maximum Gasteiger partial charge on any atom is 0.337 e. The molecule has 0 bridgehead atoms. The average Bonchev–Trinajstić information content (AvgIpc) is 3.00. The molecule has 1 aromatic heterocycles. The minimum Gasteiger partial charge on any atom is -0.493 e. The lowest BCUT2D eigenvalue weighted by molar-refractivity contribution is 0.0600. The number of aryl methyl sites for hydroxylation is 1. The largest absolute Gasteiger partial charge is 0.493 e. The second kappa shape index (κ2) is 8.14. The van der Waals surface area contributed by atoms with Gasteiger partial charge in [-0.1, -0.05) is 29.8 Å². The molecule has 0 radical (unpaired) electrons. The van der Waals surface area contributed by atoms with Crippen LogP contribution in [0.5, 0.6) is 11.5 Å². The fraction of sp³-hybridized carbons (Fsp3) is 0.200. The van der Waals surface area contributed by atoms with Crippen molar-refractivity contribution in [3.8, 4) is 17.2 Å². The standard InChI is InChI=1S/C20H19ClN2O4/c1-13-16(19(21)23(22-13)15-7-5-4-6-8-15)12-27-17-10-9-14(20(24)26-3)11-18(17)25-2/h4-11H,12H2,1-3H3. The Labute approximate surface area is 162 Å². The number of methoxy groups -OCH3 is 2. The van der Waals surface area contributed by atoms with Gasteiger partial charge in [0.25, 0.3) is 0 Å². The van der Waals surface area contributed by atoms with Crippen molar-refractivity contribution in [1.29, 1.82) is 0 Å². The van der Waals surface area contributed by atoms with Gasteiger partial charge in [-0.25, -0.2) is 9.48 Å². The van der Waals surface area contributed by atoms with E-state index in [1.54, 1.807) is 22.9 Å². The summed E-state index contributed by atoms with van der Waals surface area (Å²) in [6.07, 6.45) is 0. The number of halogens is 1. The van der Waals surface area contributed by atoms with E-state index in [9.17, 15) is 4.79 Å². The van der Waals surface area contributed by atoms with Crippen molar-refractivity contribution in [2.45, 2.75) is 13.5 Å². The van der Waals surface area contributed by atoms with Crippen LogP contribution in [0.25, 0.3) is 5.69 Å². The van der Waals surface area contributed by atoms with E-state index in [4.69, 9.17) is 25.8 Å². The first-order valence-corrected chi connectivity index (χ1v) is 8.61. The van der Waals surface area contributed by atoms with Gasteiger partial charge in [-0.2, -0.15) is 5.10 Å². The molecule has 0 fully saturated rings. The molecule has 0 aliphatic carbocycles. The molecule has 0 spiro atoms. The molecule has 0 aliphatic rings. The number of benzene rings is 2. The zero-order valence-corrected chi connectivity index (χ0v) is 16.0. The van der Waals surface area contributed by atoms with Crippen molar-refractivity contribution in [3.63, 3.8) is 0 Å². The first-order valence-electron chi connectivity index (χ1n) is 8.23. The van der Waals surface area contributed by atoms with Crippen LogP contribution in [0.1, 0.15) is 21.6 Å². The first-order chi connectivity index (χ1) is 13.0. The third-order valence-electron chi connectivity index (χ3n) is 4.08. The highest BCUT2D eigenvalue weighted by atomic mass is 35.5. The molecule has 6 nitrogen and oxygen atoms in total. The highest BCUT2D eigenvalue weighted by Gasteiger charge is 2.17. The van der Waals surface area contributed by atoms with Gasteiger partial charge in [-0.15, -0.1) is 0 Å². The van der Waals surface area contributed by atoms with Crippen LogP contribution in [0.2, 0.25) is 5.15 Å². The Bertz CT molecular complexity index is 954. The van der Waals surface area contributed by atoms with Gasteiger partial charge in [0.05, 0.1) is 31.2 Å². The molecule has 27 heavy (non-hydrogen) atoms. The third-order valence-corrected chi connectivity index (χ3v) is 4.47. The molecule has 2 aromatic carbocycles. The van der Waals surface area contributed by atoms with Crippen molar-refractivity contribution < 1.29 is 19.0 Å². The Kier molecular flexibility index (Phi) is 5.66. The van der Waals surface area contributed by atoms with Crippen LogP contribution in [-0.2, 0) is 11.3 Å². The number of aromatic nitrogens is 2. The van der Waals surface area contributed by atoms with Gasteiger partial charge in [0.2, 0.25) is 0 Å². The van der Waals surface area contributed by atoms with E-state index in [0.717, 1.165) is 16.9 Å². The van der Waals surface area contributed by atoms with Gasteiger partial charge in [0.15, 0.2) is 11.5 Å². The number of nitrogens with zero attached hydrogens (tertiary/aromatic N) is 2. The van der Waals surface area contributed by atoms with Gasteiger partial charge in [-0.05, 0) is 37.3 Å². The van der Waals surface area contributed by atoms with Crippen LogP contribution in [0, 0.1) is 6.92 Å². The lowest BCUT2D eigenvalue weighted by Gasteiger charge is -2.12. The quantitative estimate of drug-likeness (QED) is 0.594. The smallest absolute Gasteiger partial charge is 0.337 e. The van der Waals surface area contributed by atoms with E-state index in [2.05, 4.69) is 5.10 Å². The third kappa shape index (κ3) is 3.90. The number of carbonyl (C=O) groups excluding carboxylic acids is 1. The molecule has 0 atom stereocenters. The molecular weight excluding hydrogens is 368 g/mol.